The summed E-state index contributed by atoms with van der Waals surface area (Å²) >= 11 is 0. The lowest BCUT2D eigenvalue weighted by molar-refractivity contribution is -0.0793. The third-order valence-corrected chi connectivity index (χ3v) is 4.85. The standard InChI is InChI=1S/C22H27NO2/c1-16(2)21-15-19(23-22(24)18-11-7-4-8-12-18)14-20(25-21)13-17-9-5-3-6-10-17/h3-12,16,19-21H,13-15H2,1-2H3,(H,23,24)/t19-,20+,21+/m1/s1. The normalized spacial score (nSPS) is 23.4. The Morgan fingerprint density at radius 2 is 1.68 bits per heavy atom. The highest BCUT2D eigenvalue weighted by Gasteiger charge is 2.32. The molecule has 132 valence electrons. The van der Waals surface area contributed by atoms with Crippen molar-refractivity contribution >= 4 is 5.91 Å². The number of carbonyl (C=O) groups excluding carboxylic acids is 1. The average molecular weight is 337 g/mol. The van der Waals surface area contributed by atoms with Gasteiger partial charge in [-0.25, -0.2) is 0 Å². The zero-order chi connectivity index (χ0) is 17.6. The lowest BCUT2D eigenvalue weighted by Gasteiger charge is -2.38. The number of rotatable bonds is 5. The van der Waals surface area contributed by atoms with Gasteiger partial charge in [0.2, 0.25) is 0 Å². The van der Waals surface area contributed by atoms with Crippen molar-refractivity contribution in [1.82, 2.24) is 5.32 Å². The van der Waals surface area contributed by atoms with Gasteiger partial charge in [-0.3, -0.25) is 4.79 Å². The molecule has 0 unspecified atom stereocenters. The fourth-order valence-corrected chi connectivity index (χ4v) is 3.47. The van der Waals surface area contributed by atoms with Crippen LogP contribution in [0.1, 0.15) is 42.6 Å². The van der Waals surface area contributed by atoms with Gasteiger partial charge < -0.3 is 10.1 Å². The summed E-state index contributed by atoms with van der Waals surface area (Å²) in [4.78, 5) is 12.5. The van der Waals surface area contributed by atoms with Gasteiger partial charge in [-0.05, 0) is 42.9 Å². The second kappa shape index (κ2) is 8.30. The van der Waals surface area contributed by atoms with Crippen molar-refractivity contribution in [3.05, 3.63) is 71.8 Å². The minimum atomic E-state index is 0.00784. The molecule has 1 amide bonds. The van der Waals surface area contributed by atoms with Crippen LogP contribution in [0.4, 0.5) is 0 Å². The van der Waals surface area contributed by atoms with Gasteiger partial charge in [0.1, 0.15) is 0 Å². The molecule has 0 radical (unpaired) electrons. The van der Waals surface area contributed by atoms with Crippen molar-refractivity contribution in [2.24, 2.45) is 5.92 Å². The van der Waals surface area contributed by atoms with Gasteiger partial charge >= 0.3 is 0 Å². The SMILES string of the molecule is CC(C)[C@@H]1C[C@H](NC(=O)c2ccccc2)C[C@H](Cc2ccccc2)O1. The Morgan fingerprint density at radius 3 is 2.32 bits per heavy atom. The Bertz CT molecular complexity index is 669. The van der Waals surface area contributed by atoms with E-state index in [9.17, 15) is 4.79 Å². The first-order valence-electron chi connectivity index (χ1n) is 9.17. The number of hydrogen-bond donors (Lipinski definition) is 1. The van der Waals surface area contributed by atoms with Crippen LogP contribution in [0.2, 0.25) is 0 Å². The molecule has 1 heterocycles. The summed E-state index contributed by atoms with van der Waals surface area (Å²) in [5, 5.41) is 3.22. The molecule has 2 aromatic rings. The van der Waals surface area contributed by atoms with E-state index in [4.69, 9.17) is 4.74 Å². The van der Waals surface area contributed by atoms with Crippen LogP contribution >= 0.6 is 0 Å². The third kappa shape index (κ3) is 4.93. The highest BCUT2D eigenvalue weighted by atomic mass is 16.5. The van der Waals surface area contributed by atoms with E-state index in [0.29, 0.717) is 5.92 Å². The van der Waals surface area contributed by atoms with Crippen LogP contribution in [-0.2, 0) is 11.2 Å². The smallest absolute Gasteiger partial charge is 0.251 e. The number of nitrogens with one attached hydrogen (secondary N) is 1. The van der Waals surface area contributed by atoms with E-state index in [-0.39, 0.29) is 24.2 Å². The minimum Gasteiger partial charge on any atom is -0.374 e. The molecule has 0 bridgehead atoms. The van der Waals surface area contributed by atoms with Crippen molar-refractivity contribution in [3.63, 3.8) is 0 Å². The van der Waals surface area contributed by atoms with Crippen LogP contribution in [0, 0.1) is 5.92 Å². The maximum atomic E-state index is 12.5. The number of hydrogen-bond acceptors (Lipinski definition) is 2. The van der Waals surface area contributed by atoms with Gasteiger partial charge in [0, 0.05) is 11.6 Å². The molecule has 25 heavy (non-hydrogen) atoms. The molecular formula is C22H27NO2. The summed E-state index contributed by atoms with van der Waals surface area (Å²) in [7, 11) is 0. The second-order valence-corrected chi connectivity index (χ2v) is 7.24. The van der Waals surface area contributed by atoms with Gasteiger partial charge in [-0.2, -0.15) is 0 Å². The van der Waals surface area contributed by atoms with E-state index in [1.54, 1.807) is 0 Å². The molecule has 3 rings (SSSR count). The fraction of sp³-hybridized carbons (Fsp3) is 0.409. The molecule has 2 aromatic carbocycles. The molecule has 3 atom stereocenters. The summed E-state index contributed by atoms with van der Waals surface area (Å²) in [5.41, 5.74) is 2.00. The topological polar surface area (TPSA) is 38.3 Å². The van der Waals surface area contributed by atoms with Crippen molar-refractivity contribution in [2.75, 3.05) is 0 Å². The summed E-state index contributed by atoms with van der Waals surface area (Å²) in [6.45, 7) is 4.37. The number of amides is 1. The van der Waals surface area contributed by atoms with E-state index in [0.717, 1.165) is 24.8 Å². The molecule has 1 aliphatic rings. The van der Waals surface area contributed by atoms with Crippen molar-refractivity contribution in [3.8, 4) is 0 Å². The maximum Gasteiger partial charge on any atom is 0.251 e. The summed E-state index contributed by atoms with van der Waals surface area (Å²) in [6, 6.07) is 20.0. The summed E-state index contributed by atoms with van der Waals surface area (Å²) in [6.07, 6.45) is 2.95. The zero-order valence-electron chi connectivity index (χ0n) is 15.0. The monoisotopic (exact) mass is 337 g/mol. The van der Waals surface area contributed by atoms with Gasteiger partial charge in [-0.15, -0.1) is 0 Å². The number of benzene rings is 2. The van der Waals surface area contributed by atoms with Crippen LogP contribution in [0.15, 0.2) is 60.7 Å². The van der Waals surface area contributed by atoms with Gasteiger partial charge in [0.15, 0.2) is 0 Å². The van der Waals surface area contributed by atoms with Crippen molar-refractivity contribution in [1.29, 1.82) is 0 Å². The van der Waals surface area contributed by atoms with Crippen LogP contribution in [0.3, 0.4) is 0 Å². The Hall–Kier alpha value is -2.13. The van der Waals surface area contributed by atoms with E-state index < -0.39 is 0 Å². The third-order valence-electron chi connectivity index (χ3n) is 4.85. The lowest BCUT2D eigenvalue weighted by atomic mass is 9.90. The molecule has 0 aliphatic carbocycles. The van der Waals surface area contributed by atoms with Crippen LogP contribution < -0.4 is 5.32 Å². The molecule has 1 saturated heterocycles. The van der Waals surface area contributed by atoms with Crippen molar-refractivity contribution < 1.29 is 9.53 Å². The Labute approximate surface area is 150 Å². The summed E-state index contributed by atoms with van der Waals surface area (Å²) < 4.78 is 6.32. The van der Waals surface area contributed by atoms with E-state index in [2.05, 4.69) is 43.4 Å². The van der Waals surface area contributed by atoms with E-state index in [1.807, 2.05) is 36.4 Å². The maximum absolute atomic E-state index is 12.5. The number of ether oxygens (including phenoxy) is 1. The van der Waals surface area contributed by atoms with Crippen LogP contribution in [-0.4, -0.2) is 24.2 Å². The Balaban J connectivity index is 1.67. The lowest BCUT2D eigenvalue weighted by Crippen LogP contribution is -2.47. The molecule has 3 nitrogen and oxygen atoms in total. The molecule has 1 aliphatic heterocycles. The van der Waals surface area contributed by atoms with E-state index in [1.165, 1.54) is 5.56 Å². The minimum absolute atomic E-state index is 0.00784. The predicted molar refractivity (Wildman–Crippen MR) is 101 cm³/mol. The molecule has 0 saturated carbocycles. The zero-order valence-corrected chi connectivity index (χ0v) is 15.0. The molecule has 1 fully saturated rings. The predicted octanol–water partition coefficient (Wildman–Crippen LogP) is 4.23. The van der Waals surface area contributed by atoms with E-state index >= 15 is 0 Å². The fourth-order valence-electron chi connectivity index (χ4n) is 3.47. The summed E-state index contributed by atoms with van der Waals surface area (Å²) in [5.74, 6) is 0.447. The second-order valence-electron chi connectivity index (χ2n) is 7.24. The first-order chi connectivity index (χ1) is 12.1. The quantitative estimate of drug-likeness (QED) is 0.886. The number of carbonyl (C=O) groups is 1. The van der Waals surface area contributed by atoms with Crippen molar-refractivity contribution in [2.45, 2.75) is 51.4 Å². The molecule has 1 N–H and O–H groups in total. The largest absolute Gasteiger partial charge is 0.374 e. The molecule has 0 aromatic heterocycles. The first-order valence-corrected chi connectivity index (χ1v) is 9.17. The Kier molecular flexibility index (Phi) is 5.87. The highest BCUT2D eigenvalue weighted by Crippen LogP contribution is 2.27. The van der Waals surface area contributed by atoms with Gasteiger partial charge in [0.25, 0.3) is 5.91 Å². The Morgan fingerprint density at radius 1 is 1.04 bits per heavy atom. The molecule has 0 spiro atoms. The highest BCUT2D eigenvalue weighted by molar-refractivity contribution is 5.94. The molecular weight excluding hydrogens is 310 g/mol. The van der Waals surface area contributed by atoms with Gasteiger partial charge in [0.05, 0.1) is 12.2 Å². The average Bonchev–Trinajstić information content (AvgIpc) is 2.63. The van der Waals surface area contributed by atoms with Crippen LogP contribution in [0.25, 0.3) is 0 Å². The molecule has 3 heteroatoms. The van der Waals surface area contributed by atoms with Gasteiger partial charge in [-0.1, -0.05) is 62.4 Å². The first kappa shape index (κ1) is 17.7. The van der Waals surface area contributed by atoms with Crippen LogP contribution in [0.5, 0.6) is 0 Å².